The molecule has 51 heavy (non-hydrogen) atoms. The Balaban J connectivity index is 1.23. The quantitative estimate of drug-likeness (QED) is 0.185. The summed E-state index contributed by atoms with van der Waals surface area (Å²) in [4.78, 5) is 10.4. The first-order valence-electron chi connectivity index (χ1n) is 17.2. The molecule has 4 heteroatoms. The molecular weight excluding hydrogens is 625 g/mol. The lowest BCUT2D eigenvalue weighted by Gasteiger charge is -2.41. The summed E-state index contributed by atoms with van der Waals surface area (Å²) in [6.45, 7) is 0. The summed E-state index contributed by atoms with van der Waals surface area (Å²) in [6, 6.07) is 63.0. The van der Waals surface area contributed by atoms with Gasteiger partial charge in [0.15, 0.2) is 5.82 Å². The van der Waals surface area contributed by atoms with Gasteiger partial charge < -0.3 is 9.15 Å². The Kier molecular flexibility index (Phi) is 6.68. The van der Waals surface area contributed by atoms with E-state index in [9.17, 15) is 0 Å². The maximum absolute atomic E-state index is 6.55. The number of para-hydroxylation sites is 4. The number of rotatable bonds is 5. The van der Waals surface area contributed by atoms with Crippen LogP contribution in [0.4, 0.5) is 0 Å². The summed E-state index contributed by atoms with van der Waals surface area (Å²) >= 11 is 0. The van der Waals surface area contributed by atoms with E-state index in [-0.39, 0.29) is 0 Å². The molecule has 1 aliphatic heterocycles. The fraction of sp³-hybridized carbons (Fsp3) is 0.0213. The highest BCUT2D eigenvalue weighted by Crippen LogP contribution is 2.55. The van der Waals surface area contributed by atoms with Crippen LogP contribution >= 0.6 is 0 Å². The SMILES string of the molecule is c1ccc(-c2nc(-c3cccc(C4(c5ccccc5)c5ccccc5Oc5ccccc54)c3)cc(-c3cccc4c3oc3ccccc34)n2)cc1. The Morgan fingerprint density at radius 1 is 0.431 bits per heavy atom. The van der Waals surface area contributed by atoms with Gasteiger partial charge in [-0.2, -0.15) is 0 Å². The lowest BCUT2D eigenvalue weighted by molar-refractivity contribution is 0.434. The molecule has 7 aromatic carbocycles. The predicted octanol–water partition coefficient (Wildman–Crippen LogP) is 11.9. The van der Waals surface area contributed by atoms with Crippen LogP contribution in [0, 0.1) is 0 Å². The molecule has 2 aromatic heterocycles. The molecule has 3 heterocycles. The van der Waals surface area contributed by atoms with Gasteiger partial charge in [-0.25, -0.2) is 9.97 Å². The highest BCUT2D eigenvalue weighted by molar-refractivity contribution is 6.09. The van der Waals surface area contributed by atoms with Gasteiger partial charge in [0.2, 0.25) is 0 Å². The van der Waals surface area contributed by atoms with E-state index in [1.54, 1.807) is 0 Å². The Morgan fingerprint density at radius 3 is 1.80 bits per heavy atom. The van der Waals surface area contributed by atoms with Crippen LogP contribution in [-0.4, -0.2) is 9.97 Å². The van der Waals surface area contributed by atoms with Crippen LogP contribution in [0.15, 0.2) is 186 Å². The molecule has 0 radical (unpaired) electrons. The lowest BCUT2D eigenvalue weighted by atomic mass is 9.63. The Hall–Kier alpha value is -6.78. The number of hydrogen-bond acceptors (Lipinski definition) is 4. The molecule has 9 aromatic rings. The van der Waals surface area contributed by atoms with Crippen molar-refractivity contribution in [3.05, 3.63) is 204 Å². The largest absolute Gasteiger partial charge is 0.457 e. The number of benzene rings is 7. The molecule has 0 N–H and O–H groups in total. The van der Waals surface area contributed by atoms with Gasteiger partial charge in [-0.05, 0) is 47.5 Å². The maximum atomic E-state index is 6.55. The van der Waals surface area contributed by atoms with Crippen molar-refractivity contribution in [2.24, 2.45) is 0 Å². The number of aromatic nitrogens is 2. The molecule has 0 amide bonds. The van der Waals surface area contributed by atoms with Gasteiger partial charge in [-0.15, -0.1) is 0 Å². The van der Waals surface area contributed by atoms with Gasteiger partial charge in [-0.3, -0.25) is 0 Å². The van der Waals surface area contributed by atoms with Gasteiger partial charge in [0.25, 0.3) is 0 Å². The Bertz CT molecular complexity index is 2690. The fourth-order valence-electron chi connectivity index (χ4n) is 7.78. The molecular formula is C47H30N2O2. The number of ether oxygens (including phenoxy) is 1. The minimum Gasteiger partial charge on any atom is -0.457 e. The van der Waals surface area contributed by atoms with Crippen LogP contribution in [-0.2, 0) is 5.41 Å². The van der Waals surface area contributed by atoms with Crippen LogP contribution in [0.1, 0.15) is 22.3 Å². The topological polar surface area (TPSA) is 48.2 Å². The summed E-state index contributed by atoms with van der Waals surface area (Å²) in [6.07, 6.45) is 0. The highest BCUT2D eigenvalue weighted by atomic mass is 16.5. The lowest BCUT2D eigenvalue weighted by Crippen LogP contribution is -2.34. The summed E-state index contributed by atoms with van der Waals surface area (Å²) in [7, 11) is 0. The molecule has 240 valence electrons. The van der Waals surface area contributed by atoms with Crippen LogP contribution in [0.5, 0.6) is 11.5 Å². The molecule has 1 aliphatic rings. The van der Waals surface area contributed by atoms with E-state index in [0.717, 1.165) is 83.8 Å². The van der Waals surface area contributed by atoms with E-state index >= 15 is 0 Å². The van der Waals surface area contributed by atoms with Crippen molar-refractivity contribution in [2.45, 2.75) is 5.41 Å². The van der Waals surface area contributed by atoms with E-state index in [1.807, 2.05) is 48.5 Å². The van der Waals surface area contributed by atoms with Crippen molar-refractivity contribution in [3.8, 4) is 45.4 Å². The molecule has 0 unspecified atom stereocenters. The molecule has 0 aliphatic carbocycles. The zero-order valence-corrected chi connectivity index (χ0v) is 27.5. The van der Waals surface area contributed by atoms with Crippen molar-refractivity contribution >= 4 is 21.9 Å². The molecule has 0 saturated carbocycles. The summed E-state index contributed by atoms with van der Waals surface area (Å²) in [5.74, 6) is 2.35. The monoisotopic (exact) mass is 654 g/mol. The van der Waals surface area contributed by atoms with Crippen LogP contribution in [0.3, 0.4) is 0 Å². The van der Waals surface area contributed by atoms with E-state index < -0.39 is 5.41 Å². The summed E-state index contributed by atoms with van der Waals surface area (Å²) < 4.78 is 13.0. The van der Waals surface area contributed by atoms with Crippen molar-refractivity contribution in [2.75, 3.05) is 0 Å². The fourth-order valence-corrected chi connectivity index (χ4v) is 7.78. The zero-order valence-electron chi connectivity index (χ0n) is 27.5. The average molecular weight is 655 g/mol. The molecule has 0 spiro atoms. The molecule has 10 rings (SSSR count). The number of fused-ring (bicyclic) bond motifs is 5. The summed E-state index contributed by atoms with van der Waals surface area (Å²) in [5.41, 5.74) is 9.99. The first kappa shape index (κ1) is 29.2. The Labute approximate surface area is 295 Å². The third-order valence-electron chi connectivity index (χ3n) is 10.0. The van der Waals surface area contributed by atoms with Crippen molar-refractivity contribution in [1.82, 2.24) is 9.97 Å². The third kappa shape index (κ3) is 4.61. The predicted molar refractivity (Wildman–Crippen MR) is 204 cm³/mol. The van der Waals surface area contributed by atoms with Crippen molar-refractivity contribution in [3.63, 3.8) is 0 Å². The molecule has 0 fully saturated rings. The average Bonchev–Trinajstić information content (AvgIpc) is 3.59. The highest BCUT2D eigenvalue weighted by Gasteiger charge is 2.45. The van der Waals surface area contributed by atoms with Gasteiger partial charge in [0, 0.05) is 38.6 Å². The second-order valence-electron chi connectivity index (χ2n) is 12.9. The van der Waals surface area contributed by atoms with E-state index in [4.69, 9.17) is 19.1 Å². The smallest absolute Gasteiger partial charge is 0.160 e. The van der Waals surface area contributed by atoms with Crippen LogP contribution in [0.2, 0.25) is 0 Å². The first-order valence-corrected chi connectivity index (χ1v) is 17.2. The number of nitrogens with zero attached hydrogens (tertiary/aromatic N) is 2. The van der Waals surface area contributed by atoms with E-state index in [0.29, 0.717) is 5.82 Å². The normalized spacial score (nSPS) is 13.0. The van der Waals surface area contributed by atoms with Crippen LogP contribution in [0.25, 0.3) is 55.8 Å². The van der Waals surface area contributed by atoms with Gasteiger partial charge in [0.05, 0.1) is 16.8 Å². The molecule has 0 saturated heterocycles. The number of furan rings is 1. The standard InChI is InChI=1S/C47H30N2O2/c1-3-15-31(16-4-1)46-48-40(30-41(49-46)37-23-14-22-36-35-21-7-10-26-42(35)51-45(36)37)32-17-13-20-34(29-32)47(33-18-5-2-6-19-33)38-24-8-11-27-43(38)50-44-28-12-9-25-39(44)47/h1-30H. The van der Waals surface area contributed by atoms with Crippen LogP contribution < -0.4 is 4.74 Å². The third-order valence-corrected chi connectivity index (χ3v) is 10.0. The van der Waals surface area contributed by atoms with E-state index in [1.165, 1.54) is 0 Å². The molecule has 0 atom stereocenters. The second kappa shape index (κ2) is 11.7. The van der Waals surface area contributed by atoms with Crippen molar-refractivity contribution < 1.29 is 9.15 Å². The Morgan fingerprint density at radius 2 is 1.02 bits per heavy atom. The van der Waals surface area contributed by atoms with Gasteiger partial charge >= 0.3 is 0 Å². The maximum Gasteiger partial charge on any atom is 0.160 e. The van der Waals surface area contributed by atoms with Gasteiger partial charge in [0.1, 0.15) is 22.7 Å². The first-order chi connectivity index (χ1) is 25.3. The minimum absolute atomic E-state index is 0.638. The minimum atomic E-state index is -0.638. The molecule has 4 nitrogen and oxygen atoms in total. The van der Waals surface area contributed by atoms with Gasteiger partial charge in [-0.1, -0.05) is 146 Å². The molecule has 0 bridgehead atoms. The second-order valence-corrected chi connectivity index (χ2v) is 12.9. The number of hydrogen-bond donors (Lipinski definition) is 0. The van der Waals surface area contributed by atoms with Crippen molar-refractivity contribution in [1.29, 1.82) is 0 Å². The summed E-state index contributed by atoms with van der Waals surface area (Å²) in [5, 5.41) is 2.15. The van der Waals surface area contributed by atoms with E-state index in [2.05, 4.69) is 133 Å². The zero-order chi connectivity index (χ0) is 33.8.